The van der Waals surface area contributed by atoms with Crippen LogP contribution < -0.4 is 0 Å². The van der Waals surface area contributed by atoms with Gasteiger partial charge in [-0.05, 0) is 0 Å². The van der Waals surface area contributed by atoms with Gasteiger partial charge in [0, 0.05) is 21.3 Å². The zero-order chi connectivity index (χ0) is 12.3. The molecule has 1 fully saturated rings. The SMILES string of the molecule is COC[C@H]1O[C@@H]2C=CCO[C@@H]2[C@@H](OC)[C@@H]1OC. The van der Waals surface area contributed by atoms with Gasteiger partial charge in [-0.25, -0.2) is 0 Å². The molecule has 0 unspecified atom stereocenters. The molecule has 17 heavy (non-hydrogen) atoms. The number of rotatable bonds is 4. The highest BCUT2D eigenvalue weighted by molar-refractivity contribution is 5.06. The maximum Gasteiger partial charge on any atom is 0.116 e. The predicted octanol–water partition coefficient (Wildman–Crippen LogP) is 0.385. The monoisotopic (exact) mass is 244 g/mol. The summed E-state index contributed by atoms with van der Waals surface area (Å²) in [6, 6.07) is 0. The Balaban J connectivity index is 2.16. The Bertz CT molecular complexity index is 268. The summed E-state index contributed by atoms with van der Waals surface area (Å²) in [7, 11) is 4.98. The van der Waals surface area contributed by atoms with Gasteiger partial charge in [0.05, 0.1) is 13.2 Å². The Morgan fingerprint density at radius 1 is 1.18 bits per heavy atom. The summed E-state index contributed by atoms with van der Waals surface area (Å²) in [6.45, 7) is 1.07. The third-order valence-corrected chi connectivity index (χ3v) is 3.26. The smallest absolute Gasteiger partial charge is 0.116 e. The molecule has 5 atom stereocenters. The number of fused-ring (bicyclic) bond motifs is 1. The van der Waals surface area contributed by atoms with E-state index in [-0.39, 0.29) is 30.5 Å². The number of methoxy groups -OCH3 is 3. The lowest BCUT2D eigenvalue weighted by Crippen LogP contribution is -2.61. The number of hydrogen-bond acceptors (Lipinski definition) is 5. The molecule has 2 aliphatic heterocycles. The van der Waals surface area contributed by atoms with Crippen LogP contribution in [0.1, 0.15) is 0 Å². The minimum atomic E-state index is -0.173. The molecule has 0 saturated carbocycles. The third kappa shape index (κ3) is 2.53. The topological polar surface area (TPSA) is 46.2 Å². The molecule has 0 bridgehead atoms. The lowest BCUT2D eigenvalue weighted by molar-refractivity contribution is -0.245. The molecule has 0 N–H and O–H groups in total. The average Bonchev–Trinajstić information content (AvgIpc) is 2.37. The van der Waals surface area contributed by atoms with Crippen LogP contribution >= 0.6 is 0 Å². The van der Waals surface area contributed by atoms with E-state index in [2.05, 4.69) is 0 Å². The van der Waals surface area contributed by atoms with Gasteiger partial charge < -0.3 is 23.7 Å². The van der Waals surface area contributed by atoms with Crippen molar-refractivity contribution in [3.63, 3.8) is 0 Å². The fraction of sp³-hybridized carbons (Fsp3) is 0.833. The van der Waals surface area contributed by atoms with E-state index in [0.717, 1.165) is 0 Å². The predicted molar refractivity (Wildman–Crippen MR) is 61.0 cm³/mol. The second kappa shape index (κ2) is 5.93. The molecule has 2 aliphatic rings. The van der Waals surface area contributed by atoms with Gasteiger partial charge in [-0.3, -0.25) is 0 Å². The summed E-state index contributed by atoms with van der Waals surface area (Å²) in [5.74, 6) is 0. The highest BCUT2D eigenvalue weighted by Crippen LogP contribution is 2.29. The summed E-state index contributed by atoms with van der Waals surface area (Å²) >= 11 is 0. The van der Waals surface area contributed by atoms with Gasteiger partial charge in [0.25, 0.3) is 0 Å². The van der Waals surface area contributed by atoms with Crippen molar-refractivity contribution in [2.24, 2.45) is 0 Å². The molecule has 5 nitrogen and oxygen atoms in total. The van der Waals surface area contributed by atoms with Gasteiger partial charge in [-0.1, -0.05) is 12.2 Å². The van der Waals surface area contributed by atoms with Crippen molar-refractivity contribution in [1.29, 1.82) is 0 Å². The summed E-state index contributed by atoms with van der Waals surface area (Å²) < 4.78 is 27.8. The fourth-order valence-corrected chi connectivity index (χ4v) is 2.50. The Kier molecular flexibility index (Phi) is 4.53. The van der Waals surface area contributed by atoms with Gasteiger partial charge in [0.15, 0.2) is 0 Å². The standard InChI is InChI=1S/C12H20O5/c1-13-7-9-10(14-2)12(15-3)11-8(17-9)5-4-6-16-11/h4-5,8-12H,6-7H2,1-3H3/t8-,9-,10-,11+,12+/m1/s1. The van der Waals surface area contributed by atoms with Crippen molar-refractivity contribution in [2.75, 3.05) is 34.5 Å². The van der Waals surface area contributed by atoms with E-state index in [9.17, 15) is 0 Å². The molecular weight excluding hydrogens is 224 g/mol. The van der Waals surface area contributed by atoms with Crippen molar-refractivity contribution in [1.82, 2.24) is 0 Å². The van der Waals surface area contributed by atoms with Crippen molar-refractivity contribution in [2.45, 2.75) is 30.5 Å². The lowest BCUT2D eigenvalue weighted by atomic mass is 9.93. The van der Waals surface area contributed by atoms with E-state index in [4.69, 9.17) is 23.7 Å². The van der Waals surface area contributed by atoms with E-state index in [0.29, 0.717) is 13.2 Å². The highest BCUT2D eigenvalue weighted by atomic mass is 16.6. The maximum absolute atomic E-state index is 5.92. The van der Waals surface area contributed by atoms with Crippen LogP contribution in [0.15, 0.2) is 12.2 Å². The van der Waals surface area contributed by atoms with E-state index in [1.807, 2.05) is 12.2 Å². The molecule has 0 spiro atoms. The van der Waals surface area contributed by atoms with E-state index in [1.54, 1.807) is 21.3 Å². The summed E-state index contributed by atoms with van der Waals surface area (Å²) in [4.78, 5) is 0. The second-order valence-corrected chi connectivity index (χ2v) is 4.22. The van der Waals surface area contributed by atoms with Gasteiger partial charge in [-0.15, -0.1) is 0 Å². The van der Waals surface area contributed by atoms with Crippen LogP contribution in [0.3, 0.4) is 0 Å². The van der Waals surface area contributed by atoms with Crippen molar-refractivity contribution in [3.8, 4) is 0 Å². The normalized spacial score (nSPS) is 41.2. The van der Waals surface area contributed by atoms with Crippen molar-refractivity contribution < 1.29 is 23.7 Å². The molecule has 0 radical (unpaired) electrons. The molecule has 0 amide bonds. The fourth-order valence-electron chi connectivity index (χ4n) is 2.50. The molecule has 98 valence electrons. The summed E-state index contributed by atoms with van der Waals surface area (Å²) in [5.41, 5.74) is 0. The van der Waals surface area contributed by atoms with Crippen LogP contribution in [0.5, 0.6) is 0 Å². The van der Waals surface area contributed by atoms with E-state index < -0.39 is 0 Å². The Hall–Kier alpha value is -0.460. The molecule has 0 aromatic heterocycles. The molecule has 2 heterocycles. The molecule has 0 aliphatic carbocycles. The van der Waals surface area contributed by atoms with E-state index in [1.165, 1.54) is 0 Å². The first-order valence-corrected chi connectivity index (χ1v) is 5.80. The first-order valence-electron chi connectivity index (χ1n) is 5.80. The van der Waals surface area contributed by atoms with Crippen LogP contribution in [0.2, 0.25) is 0 Å². The summed E-state index contributed by atoms with van der Waals surface area (Å²) in [6.07, 6.45) is 3.35. The average molecular weight is 244 g/mol. The van der Waals surface area contributed by atoms with Crippen molar-refractivity contribution in [3.05, 3.63) is 12.2 Å². The minimum absolute atomic E-state index is 0.0831. The molecule has 5 heteroatoms. The van der Waals surface area contributed by atoms with Gasteiger partial charge in [-0.2, -0.15) is 0 Å². The second-order valence-electron chi connectivity index (χ2n) is 4.22. The first-order chi connectivity index (χ1) is 8.31. The molecule has 0 aromatic rings. The Morgan fingerprint density at radius 2 is 1.94 bits per heavy atom. The number of hydrogen-bond donors (Lipinski definition) is 0. The maximum atomic E-state index is 5.92. The molecular formula is C12H20O5. The first kappa shape index (κ1) is 13.0. The van der Waals surface area contributed by atoms with Crippen LogP contribution in [0.4, 0.5) is 0 Å². The lowest BCUT2D eigenvalue weighted by Gasteiger charge is -2.45. The zero-order valence-corrected chi connectivity index (χ0v) is 10.5. The van der Waals surface area contributed by atoms with Crippen LogP contribution in [-0.4, -0.2) is 65.1 Å². The van der Waals surface area contributed by atoms with E-state index >= 15 is 0 Å². The highest BCUT2D eigenvalue weighted by Gasteiger charge is 2.47. The van der Waals surface area contributed by atoms with Crippen LogP contribution in [-0.2, 0) is 23.7 Å². The van der Waals surface area contributed by atoms with Crippen LogP contribution in [0.25, 0.3) is 0 Å². The zero-order valence-electron chi connectivity index (χ0n) is 10.5. The third-order valence-electron chi connectivity index (χ3n) is 3.26. The van der Waals surface area contributed by atoms with Gasteiger partial charge in [0.2, 0.25) is 0 Å². The van der Waals surface area contributed by atoms with Crippen molar-refractivity contribution >= 4 is 0 Å². The minimum Gasteiger partial charge on any atom is -0.382 e. The molecule has 1 saturated heterocycles. The molecule has 2 rings (SSSR count). The molecule has 0 aromatic carbocycles. The number of ether oxygens (including phenoxy) is 5. The summed E-state index contributed by atoms with van der Waals surface area (Å²) in [5, 5.41) is 0. The Labute approximate surface area is 102 Å². The quantitative estimate of drug-likeness (QED) is 0.669. The van der Waals surface area contributed by atoms with Crippen LogP contribution in [0, 0.1) is 0 Å². The largest absolute Gasteiger partial charge is 0.382 e. The Morgan fingerprint density at radius 3 is 2.59 bits per heavy atom. The van der Waals surface area contributed by atoms with Gasteiger partial charge in [0.1, 0.15) is 30.5 Å². The van der Waals surface area contributed by atoms with Gasteiger partial charge >= 0.3 is 0 Å².